The molecule has 0 fully saturated rings. The lowest BCUT2D eigenvalue weighted by Gasteiger charge is -2.15. The van der Waals surface area contributed by atoms with Gasteiger partial charge in [0, 0.05) is 5.56 Å². The van der Waals surface area contributed by atoms with Gasteiger partial charge >= 0.3 is 5.97 Å². The topological polar surface area (TPSA) is 81.7 Å². The molecule has 2 rings (SSSR count). The number of rotatable bonds is 8. The van der Waals surface area contributed by atoms with Crippen molar-refractivity contribution in [3.05, 3.63) is 59.7 Å². The van der Waals surface area contributed by atoms with Crippen molar-refractivity contribution < 1.29 is 23.9 Å². The molecule has 6 nitrogen and oxygen atoms in total. The highest BCUT2D eigenvalue weighted by Crippen LogP contribution is 2.19. The summed E-state index contributed by atoms with van der Waals surface area (Å²) in [7, 11) is 0. The Labute approximate surface area is 164 Å². The lowest BCUT2D eigenvalue weighted by atomic mass is 10.0. The van der Waals surface area contributed by atoms with E-state index in [-0.39, 0.29) is 12.4 Å². The molecule has 0 heterocycles. The average Bonchev–Trinajstić information content (AvgIpc) is 2.66. The first-order chi connectivity index (χ1) is 13.3. The third-order valence-electron chi connectivity index (χ3n) is 4.15. The maximum atomic E-state index is 12.3. The molecule has 0 aliphatic rings. The lowest BCUT2D eigenvalue weighted by Crippen LogP contribution is -2.32. The van der Waals surface area contributed by atoms with Gasteiger partial charge in [0.2, 0.25) is 0 Å². The van der Waals surface area contributed by atoms with E-state index in [2.05, 4.69) is 19.2 Å². The fraction of sp³-hybridized carbons (Fsp3) is 0.318. The number of hydrogen-bond acceptors (Lipinski definition) is 5. The maximum Gasteiger partial charge on any atom is 0.344 e. The van der Waals surface area contributed by atoms with E-state index in [4.69, 9.17) is 9.47 Å². The number of para-hydroxylation sites is 1. The molecule has 0 spiro atoms. The second-order valence-electron chi connectivity index (χ2n) is 6.74. The molecule has 0 unspecified atom stereocenters. The Morgan fingerprint density at radius 1 is 0.964 bits per heavy atom. The molecule has 1 N–H and O–H groups in total. The van der Waals surface area contributed by atoms with E-state index in [9.17, 15) is 14.4 Å². The molecule has 2 aromatic rings. The number of amides is 1. The molecule has 0 saturated carbocycles. The van der Waals surface area contributed by atoms with Gasteiger partial charge in [-0.25, -0.2) is 4.79 Å². The zero-order valence-corrected chi connectivity index (χ0v) is 16.5. The molecule has 148 valence electrons. The maximum absolute atomic E-state index is 12.3. The molecule has 0 aliphatic heterocycles. The summed E-state index contributed by atoms with van der Waals surface area (Å²) in [5.41, 5.74) is 1.94. The Hall–Kier alpha value is -3.15. The van der Waals surface area contributed by atoms with E-state index in [1.807, 2.05) is 12.1 Å². The van der Waals surface area contributed by atoms with E-state index < -0.39 is 18.0 Å². The van der Waals surface area contributed by atoms with Gasteiger partial charge in [-0.05, 0) is 49.6 Å². The third kappa shape index (κ3) is 5.94. The molecule has 0 aromatic heterocycles. The molecule has 28 heavy (non-hydrogen) atoms. The summed E-state index contributed by atoms with van der Waals surface area (Å²) < 4.78 is 10.5. The highest BCUT2D eigenvalue weighted by molar-refractivity contribution is 6.04. The van der Waals surface area contributed by atoms with Gasteiger partial charge in [0.25, 0.3) is 5.91 Å². The Morgan fingerprint density at radius 3 is 2.21 bits per heavy atom. The lowest BCUT2D eigenvalue weighted by molar-refractivity contribution is -0.155. The highest BCUT2D eigenvalue weighted by Gasteiger charge is 2.20. The van der Waals surface area contributed by atoms with Gasteiger partial charge in [0.05, 0.1) is 5.69 Å². The number of ether oxygens (including phenoxy) is 2. The van der Waals surface area contributed by atoms with Crippen LogP contribution >= 0.6 is 0 Å². The zero-order valence-electron chi connectivity index (χ0n) is 16.5. The minimum atomic E-state index is -1.03. The van der Waals surface area contributed by atoms with Gasteiger partial charge < -0.3 is 14.8 Å². The van der Waals surface area contributed by atoms with Gasteiger partial charge in [-0.1, -0.05) is 38.1 Å². The summed E-state index contributed by atoms with van der Waals surface area (Å²) in [5.74, 6) is -0.392. The van der Waals surface area contributed by atoms with E-state index >= 15 is 0 Å². The van der Waals surface area contributed by atoms with E-state index in [0.29, 0.717) is 22.9 Å². The predicted octanol–water partition coefficient (Wildman–Crippen LogP) is 3.96. The largest absolute Gasteiger partial charge is 0.482 e. The van der Waals surface area contributed by atoms with Crippen LogP contribution < -0.4 is 10.1 Å². The number of esters is 1. The van der Waals surface area contributed by atoms with Gasteiger partial charge in [-0.3, -0.25) is 9.59 Å². The van der Waals surface area contributed by atoms with Crippen LogP contribution in [0.15, 0.2) is 48.5 Å². The van der Waals surface area contributed by atoms with Crippen molar-refractivity contribution >= 4 is 23.3 Å². The van der Waals surface area contributed by atoms with Gasteiger partial charge in [0.15, 0.2) is 18.5 Å². The summed E-state index contributed by atoms with van der Waals surface area (Å²) >= 11 is 0. The second-order valence-corrected chi connectivity index (χ2v) is 6.74. The van der Waals surface area contributed by atoms with Gasteiger partial charge in [-0.2, -0.15) is 0 Å². The predicted molar refractivity (Wildman–Crippen MR) is 107 cm³/mol. The third-order valence-corrected chi connectivity index (χ3v) is 4.15. The Bertz CT molecular complexity index is 842. The standard InChI is InChI=1S/C22H25NO5/c1-14(2)17-9-11-18(12-10-17)27-13-21(25)28-16(4)22(26)23-20-8-6-5-7-19(20)15(3)24/h5-12,14,16H,13H2,1-4H3,(H,23,26)/t16-/m0/s1. The van der Waals surface area contributed by atoms with Crippen molar-refractivity contribution in [2.75, 3.05) is 11.9 Å². The minimum absolute atomic E-state index is 0.169. The van der Waals surface area contributed by atoms with Crippen LogP contribution in [0.25, 0.3) is 0 Å². The summed E-state index contributed by atoms with van der Waals surface area (Å²) in [6.07, 6.45) is -1.03. The van der Waals surface area contributed by atoms with Crippen LogP contribution in [0.1, 0.15) is 49.5 Å². The summed E-state index contributed by atoms with van der Waals surface area (Å²) in [4.78, 5) is 35.8. The van der Waals surface area contributed by atoms with Crippen molar-refractivity contribution in [2.45, 2.75) is 39.7 Å². The summed E-state index contributed by atoms with van der Waals surface area (Å²) in [6, 6.07) is 14.1. The highest BCUT2D eigenvalue weighted by atomic mass is 16.6. The molecule has 0 saturated heterocycles. The zero-order chi connectivity index (χ0) is 20.7. The van der Waals surface area contributed by atoms with Gasteiger partial charge in [0.1, 0.15) is 5.75 Å². The summed E-state index contributed by atoms with van der Waals surface area (Å²) in [5, 5.41) is 2.61. The number of anilines is 1. The molecule has 6 heteroatoms. The number of Topliss-reactive ketones (excluding diaryl/α,β-unsaturated/α-hetero) is 1. The molecule has 0 aliphatic carbocycles. The van der Waals surface area contributed by atoms with Crippen molar-refractivity contribution in [3.63, 3.8) is 0 Å². The first-order valence-corrected chi connectivity index (χ1v) is 9.11. The number of nitrogens with one attached hydrogen (secondary N) is 1. The molecule has 1 atom stereocenters. The Morgan fingerprint density at radius 2 is 1.61 bits per heavy atom. The van der Waals surface area contributed by atoms with Crippen LogP contribution in [-0.4, -0.2) is 30.4 Å². The van der Waals surface area contributed by atoms with Gasteiger partial charge in [-0.15, -0.1) is 0 Å². The quantitative estimate of drug-likeness (QED) is 0.551. The van der Waals surface area contributed by atoms with Crippen LogP contribution in [0.5, 0.6) is 5.75 Å². The average molecular weight is 383 g/mol. The van der Waals surface area contributed by atoms with E-state index in [0.717, 1.165) is 0 Å². The first-order valence-electron chi connectivity index (χ1n) is 9.11. The summed E-state index contributed by atoms with van der Waals surface area (Å²) in [6.45, 7) is 6.76. The number of hydrogen-bond donors (Lipinski definition) is 1. The molecular weight excluding hydrogens is 358 g/mol. The fourth-order valence-electron chi connectivity index (χ4n) is 2.51. The van der Waals surface area contributed by atoms with Crippen molar-refractivity contribution in [1.29, 1.82) is 0 Å². The SMILES string of the molecule is CC(=O)c1ccccc1NC(=O)[C@H](C)OC(=O)COc1ccc(C(C)C)cc1. The number of benzene rings is 2. The van der Waals surface area contributed by atoms with E-state index in [1.165, 1.54) is 19.4 Å². The van der Waals surface area contributed by atoms with Crippen molar-refractivity contribution in [1.82, 2.24) is 0 Å². The van der Waals surface area contributed by atoms with Crippen LogP contribution in [0.2, 0.25) is 0 Å². The monoisotopic (exact) mass is 383 g/mol. The fourth-order valence-corrected chi connectivity index (χ4v) is 2.51. The van der Waals surface area contributed by atoms with Crippen LogP contribution in [0.4, 0.5) is 5.69 Å². The number of carbonyl (C=O) groups excluding carboxylic acids is 3. The number of carbonyl (C=O) groups is 3. The molecular formula is C22H25NO5. The smallest absolute Gasteiger partial charge is 0.344 e. The minimum Gasteiger partial charge on any atom is -0.482 e. The van der Waals surface area contributed by atoms with Crippen LogP contribution in [-0.2, 0) is 14.3 Å². The Kier molecular flexibility index (Phi) is 7.32. The molecule has 1 amide bonds. The van der Waals surface area contributed by atoms with Crippen molar-refractivity contribution in [2.24, 2.45) is 0 Å². The Balaban J connectivity index is 1.86. The first kappa shape index (κ1) is 21.2. The van der Waals surface area contributed by atoms with Crippen molar-refractivity contribution in [3.8, 4) is 5.75 Å². The number of ketones is 1. The van der Waals surface area contributed by atoms with Crippen LogP contribution in [0, 0.1) is 0 Å². The molecule has 0 radical (unpaired) electrons. The molecule has 0 bridgehead atoms. The van der Waals surface area contributed by atoms with Crippen LogP contribution in [0.3, 0.4) is 0 Å². The molecule has 2 aromatic carbocycles. The second kappa shape index (κ2) is 9.69. The van der Waals surface area contributed by atoms with E-state index in [1.54, 1.807) is 36.4 Å². The normalized spacial score (nSPS) is 11.6.